The predicted molar refractivity (Wildman–Crippen MR) is 141 cm³/mol. The van der Waals surface area contributed by atoms with Crippen LogP contribution in [-0.2, 0) is 6.54 Å². The molecule has 0 atom stereocenters. The molecule has 0 aliphatic rings. The van der Waals surface area contributed by atoms with Crippen LogP contribution in [-0.4, -0.2) is 28.4 Å². The molecule has 0 spiro atoms. The van der Waals surface area contributed by atoms with Gasteiger partial charge >= 0.3 is 0 Å². The minimum absolute atomic E-state index is 0.115. The predicted octanol–water partition coefficient (Wildman–Crippen LogP) is 7.44. The SMILES string of the molecule is CC(C)(C)C(=O)c1cn(CCCCC[Si](C)(C)C)c2ncc(-c3cccc(I)c3)nc12. The Labute approximate surface area is 201 Å². The van der Waals surface area contributed by atoms with Gasteiger partial charge in [0.15, 0.2) is 11.4 Å². The molecule has 0 saturated carbocycles. The molecule has 2 heterocycles. The van der Waals surface area contributed by atoms with Gasteiger partial charge < -0.3 is 4.57 Å². The second-order valence-corrected chi connectivity index (χ2v) is 17.5. The lowest BCUT2D eigenvalue weighted by Gasteiger charge is -2.15. The van der Waals surface area contributed by atoms with Crippen LogP contribution in [0.5, 0.6) is 0 Å². The topological polar surface area (TPSA) is 47.8 Å². The maximum absolute atomic E-state index is 13.2. The van der Waals surface area contributed by atoms with E-state index >= 15 is 0 Å². The fourth-order valence-electron chi connectivity index (χ4n) is 3.69. The number of carbonyl (C=O) groups excluding carboxylic acids is 1. The summed E-state index contributed by atoms with van der Waals surface area (Å²) in [7, 11) is -0.979. The standard InChI is InChI=1S/C25H34IN3OSi/c1-25(2,3)23(30)20-17-29(13-8-7-9-14-31(4,5)6)24-22(20)28-21(16-27-24)18-11-10-12-19(26)15-18/h10-12,15-17H,7-9,13-14H2,1-6H3. The highest BCUT2D eigenvalue weighted by Gasteiger charge is 2.28. The number of aromatic nitrogens is 3. The first-order chi connectivity index (χ1) is 14.5. The molecule has 4 nitrogen and oxygen atoms in total. The van der Waals surface area contributed by atoms with Crippen LogP contribution in [0.15, 0.2) is 36.7 Å². The lowest BCUT2D eigenvalue weighted by Crippen LogP contribution is -2.20. The molecule has 0 bridgehead atoms. The van der Waals surface area contributed by atoms with Crippen LogP contribution in [0.25, 0.3) is 22.4 Å². The van der Waals surface area contributed by atoms with E-state index in [2.05, 4.69) is 58.9 Å². The average Bonchev–Trinajstić information content (AvgIpc) is 3.03. The number of hydrogen-bond donors (Lipinski definition) is 0. The van der Waals surface area contributed by atoms with Gasteiger partial charge in [0.2, 0.25) is 0 Å². The third-order valence-corrected chi connectivity index (χ3v) is 7.96. The highest BCUT2D eigenvalue weighted by atomic mass is 127. The molecule has 0 aliphatic heterocycles. The molecule has 6 heteroatoms. The van der Waals surface area contributed by atoms with E-state index in [9.17, 15) is 4.79 Å². The molecule has 31 heavy (non-hydrogen) atoms. The number of unbranched alkanes of at least 4 members (excludes halogenated alkanes) is 2. The van der Waals surface area contributed by atoms with Gasteiger partial charge in [0, 0.05) is 35.4 Å². The van der Waals surface area contributed by atoms with Crippen LogP contribution in [0, 0.1) is 8.99 Å². The fourth-order valence-corrected chi connectivity index (χ4v) is 5.55. The van der Waals surface area contributed by atoms with E-state index in [1.807, 2.05) is 45.3 Å². The van der Waals surface area contributed by atoms with E-state index in [1.165, 1.54) is 18.9 Å². The summed E-state index contributed by atoms with van der Waals surface area (Å²) in [5.74, 6) is 0.115. The molecule has 0 aliphatic carbocycles. The lowest BCUT2D eigenvalue weighted by atomic mass is 9.87. The number of rotatable bonds is 8. The number of hydrogen-bond acceptors (Lipinski definition) is 3. The number of fused-ring (bicyclic) bond motifs is 1. The largest absolute Gasteiger partial charge is 0.330 e. The summed E-state index contributed by atoms with van der Waals surface area (Å²) in [5.41, 5.74) is 3.59. The third-order valence-electron chi connectivity index (χ3n) is 5.44. The van der Waals surface area contributed by atoms with E-state index in [0.29, 0.717) is 5.56 Å². The van der Waals surface area contributed by atoms with E-state index in [1.54, 1.807) is 0 Å². The maximum Gasteiger partial charge on any atom is 0.171 e. The Hall–Kier alpha value is -1.54. The van der Waals surface area contributed by atoms with Crippen molar-refractivity contribution in [3.05, 3.63) is 45.8 Å². The highest BCUT2D eigenvalue weighted by Crippen LogP contribution is 2.29. The number of benzene rings is 1. The van der Waals surface area contributed by atoms with Crippen molar-refractivity contribution in [1.29, 1.82) is 0 Å². The van der Waals surface area contributed by atoms with Crippen molar-refractivity contribution in [2.75, 3.05) is 0 Å². The summed E-state index contributed by atoms with van der Waals surface area (Å²) in [4.78, 5) is 22.9. The first-order valence-corrected chi connectivity index (χ1v) is 15.9. The van der Waals surface area contributed by atoms with Gasteiger partial charge in [-0.1, -0.05) is 71.4 Å². The van der Waals surface area contributed by atoms with Crippen LogP contribution in [0.4, 0.5) is 0 Å². The molecule has 0 radical (unpaired) electrons. The molecular weight excluding hydrogens is 513 g/mol. The van der Waals surface area contributed by atoms with Gasteiger partial charge in [0.05, 0.1) is 17.5 Å². The maximum atomic E-state index is 13.2. The zero-order chi connectivity index (χ0) is 22.8. The van der Waals surface area contributed by atoms with Gasteiger partial charge in [-0.05, 0) is 41.1 Å². The van der Waals surface area contributed by atoms with Crippen molar-refractivity contribution in [2.45, 2.75) is 72.3 Å². The summed E-state index contributed by atoms with van der Waals surface area (Å²) in [5, 5.41) is 0. The first kappa shape index (κ1) is 24.1. The number of nitrogens with zero attached hydrogens (tertiary/aromatic N) is 3. The van der Waals surface area contributed by atoms with E-state index in [-0.39, 0.29) is 5.78 Å². The molecule has 2 aromatic heterocycles. The molecule has 1 aromatic carbocycles. The molecular formula is C25H34IN3OSi. The summed E-state index contributed by atoms with van der Waals surface area (Å²) in [6.45, 7) is 14.0. The van der Waals surface area contributed by atoms with E-state index in [0.717, 1.165) is 39.0 Å². The number of carbonyl (C=O) groups is 1. The molecule has 0 fully saturated rings. The van der Waals surface area contributed by atoms with Crippen LogP contribution in [0.2, 0.25) is 25.7 Å². The molecule has 0 unspecified atom stereocenters. The average molecular weight is 548 g/mol. The van der Waals surface area contributed by atoms with Crippen molar-refractivity contribution in [1.82, 2.24) is 14.5 Å². The molecule has 0 amide bonds. The normalized spacial score (nSPS) is 12.5. The monoisotopic (exact) mass is 547 g/mol. The molecule has 3 aromatic rings. The second kappa shape index (κ2) is 9.53. The molecule has 0 saturated heterocycles. The molecule has 3 rings (SSSR count). The number of halogens is 1. The van der Waals surface area contributed by atoms with Crippen LogP contribution >= 0.6 is 22.6 Å². The Morgan fingerprint density at radius 2 is 1.87 bits per heavy atom. The van der Waals surface area contributed by atoms with Gasteiger partial charge in [0.1, 0.15) is 5.52 Å². The Bertz CT molecular complexity index is 1080. The summed E-state index contributed by atoms with van der Waals surface area (Å²) in [6.07, 6.45) is 7.40. The minimum Gasteiger partial charge on any atom is -0.330 e. The van der Waals surface area contributed by atoms with Crippen molar-refractivity contribution in [2.24, 2.45) is 5.41 Å². The van der Waals surface area contributed by atoms with Crippen molar-refractivity contribution < 1.29 is 4.79 Å². The van der Waals surface area contributed by atoms with Gasteiger partial charge in [0.25, 0.3) is 0 Å². The summed E-state index contributed by atoms with van der Waals surface area (Å²) < 4.78 is 3.29. The Kier molecular flexibility index (Phi) is 7.41. The zero-order valence-corrected chi connectivity index (χ0v) is 22.8. The van der Waals surface area contributed by atoms with Crippen molar-refractivity contribution in [3.63, 3.8) is 0 Å². The Morgan fingerprint density at radius 3 is 2.52 bits per heavy atom. The quantitative estimate of drug-likeness (QED) is 0.127. The van der Waals surface area contributed by atoms with E-state index in [4.69, 9.17) is 9.97 Å². The first-order valence-electron chi connectivity index (χ1n) is 11.1. The highest BCUT2D eigenvalue weighted by molar-refractivity contribution is 14.1. The Balaban J connectivity index is 1.93. The second-order valence-electron chi connectivity index (χ2n) is 10.6. The summed E-state index contributed by atoms with van der Waals surface area (Å²) in [6, 6.07) is 9.58. The minimum atomic E-state index is -0.979. The summed E-state index contributed by atoms with van der Waals surface area (Å²) >= 11 is 2.30. The van der Waals surface area contributed by atoms with Crippen LogP contribution in [0.1, 0.15) is 50.4 Å². The number of Topliss-reactive ketones (excluding diaryl/α,β-unsaturated/α-hetero) is 1. The van der Waals surface area contributed by atoms with Gasteiger partial charge in [-0.25, -0.2) is 9.97 Å². The van der Waals surface area contributed by atoms with Crippen molar-refractivity contribution >= 4 is 47.6 Å². The van der Waals surface area contributed by atoms with Crippen LogP contribution < -0.4 is 0 Å². The van der Waals surface area contributed by atoms with Crippen molar-refractivity contribution in [3.8, 4) is 11.3 Å². The zero-order valence-electron chi connectivity index (χ0n) is 19.6. The van der Waals surface area contributed by atoms with Gasteiger partial charge in [-0.3, -0.25) is 4.79 Å². The fraction of sp³-hybridized carbons (Fsp3) is 0.480. The van der Waals surface area contributed by atoms with Gasteiger partial charge in [-0.2, -0.15) is 0 Å². The van der Waals surface area contributed by atoms with Gasteiger partial charge in [-0.15, -0.1) is 0 Å². The van der Waals surface area contributed by atoms with Crippen LogP contribution in [0.3, 0.4) is 0 Å². The third kappa shape index (κ3) is 6.25. The number of aryl methyl sites for hydroxylation is 1. The molecule has 166 valence electrons. The van der Waals surface area contributed by atoms with E-state index < -0.39 is 13.5 Å². The smallest absolute Gasteiger partial charge is 0.171 e. The lowest BCUT2D eigenvalue weighted by molar-refractivity contribution is 0.0859. The Morgan fingerprint density at radius 1 is 1.13 bits per heavy atom. The number of ketones is 1. The molecule has 0 N–H and O–H groups in total.